The van der Waals surface area contributed by atoms with Gasteiger partial charge in [0.05, 0.1) is 23.7 Å². The number of likely N-dealkylation sites (tertiary alicyclic amines) is 1. The molecule has 2 aromatic rings. The normalized spacial score (nSPS) is 21.5. The third-order valence-electron chi connectivity index (χ3n) is 5.73. The van der Waals surface area contributed by atoms with Crippen molar-refractivity contribution < 1.29 is 4.79 Å². The molecule has 1 aliphatic carbocycles. The van der Waals surface area contributed by atoms with Gasteiger partial charge in [0.25, 0.3) is 5.91 Å². The molecule has 0 radical (unpaired) electrons. The van der Waals surface area contributed by atoms with Crippen LogP contribution in [0.1, 0.15) is 49.4 Å². The number of aromatic amines is 1. The predicted octanol–water partition coefficient (Wildman–Crippen LogP) is 2.29. The van der Waals surface area contributed by atoms with Crippen molar-refractivity contribution >= 4 is 5.91 Å². The highest BCUT2D eigenvalue weighted by molar-refractivity contribution is 5.99. The van der Waals surface area contributed by atoms with Crippen molar-refractivity contribution in [2.45, 2.75) is 51.6 Å². The van der Waals surface area contributed by atoms with Crippen LogP contribution < -0.4 is 5.32 Å². The molecule has 1 amide bonds. The molecule has 0 aromatic carbocycles. The molecular weight excluding hydrogens is 328 g/mol. The fourth-order valence-electron chi connectivity index (χ4n) is 4.28. The highest BCUT2D eigenvalue weighted by Gasteiger charge is 2.28. The maximum absolute atomic E-state index is 12.8. The highest BCUT2D eigenvalue weighted by atomic mass is 16.1. The second-order valence-electron chi connectivity index (χ2n) is 7.61. The van der Waals surface area contributed by atoms with Gasteiger partial charge in [-0.05, 0) is 32.1 Å². The van der Waals surface area contributed by atoms with Crippen LogP contribution in [0.25, 0.3) is 11.3 Å². The number of nitrogens with one attached hydrogen (secondary N) is 2. The Hall–Kier alpha value is -2.15. The smallest absolute Gasteiger partial charge is 0.255 e. The Labute approximate surface area is 154 Å². The molecule has 1 unspecified atom stereocenters. The molecule has 140 valence electrons. The van der Waals surface area contributed by atoms with Gasteiger partial charge >= 0.3 is 0 Å². The lowest BCUT2D eigenvalue weighted by atomic mass is 10.1. The molecular formula is C19H28N6O. The molecule has 2 fully saturated rings. The quantitative estimate of drug-likeness (QED) is 0.832. The van der Waals surface area contributed by atoms with Crippen molar-refractivity contribution in [1.82, 2.24) is 30.2 Å². The van der Waals surface area contributed by atoms with Crippen LogP contribution in [0.3, 0.4) is 0 Å². The SMILES string of the molecule is CCn1cc(-c2[nH]ncc2C(=O)NC2CCN(CC3CCCC3)C2)cn1. The molecule has 1 saturated heterocycles. The zero-order chi connectivity index (χ0) is 17.9. The van der Waals surface area contributed by atoms with E-state index in [0.717, 1.165) is 43.2 Å². The molecule has 1 aliphatic heterocycles. The second-order valence-corrected chi connectivity index (χ2v) is 7.61. The fraction of sp³-hybridized carbons (Fsp3) is 0.632. The number of rotatable bonds is 6. The van der Waals surface area contributed by atoms with Crippen LogP contribution >= 0.6 is 0 Å². The van der Waals surface area contributed by atoms with Gasteiger partial charge < -0.3 is 10.2 Å². The average Bonchev–Trinajstić information content (AvgIpc) is 3.42. The summed E-state index contributed by atoms with van der Waals surface area (Å²) >= 11 is 0. The van der Waals surface area contributed by atoms with Gasteiger partial charge in [-0.15, -0.1) is 0 Å². The van der Waals surface area contributed by atoms with Crippen LogP contribution in [0.2, 0.25) is 0 Å². The fourth-order valence-corrected chi connectivity index (χ4v) is 4.28. The van der Waals surface area contributed by atoms with E-state index in [2.05, 4.69) is 25.5 Å². The van der Waals surface area contributed by atoms with Crippen LogP contribution in [0, 0.1) is 5.92 Å². The van der Waals surface area contributed by atoms with E-state index in [1.807, 2.05) is 17.8 Å². The zero-order valence-corrected chi connectivity index (χ0v) is 15.4. The number of aromatic nitrogens is 4. The Morgan fingerprint density at radius 1 is 1.31 bits per heavy atom. The molecule has 0 bridgehead atoms. The van der Waals surface area contributed by atoms with E-state index in [9.17, 15) is 4.79 Å². The number of carbonyl (C=O) groups excluding carboxylic acids is 1. The Bertz CT molecular complexity index is 745. The number of aryl methyl sites for hydroxylation is 1. The molecule has 26 heavy (non-hydrogen) atoms. The molecule has 0 spiro atoms. The maximum Gasteiger partial charge on any atom is 0.255 e. The summed E-state index contributed by atoms with van der Waals surface area (Å²) in [5, 5.41) is 14.5. The number of H-pyrrole nitrogens is 1. The van der Waals surface area contributed by atoms with Gasteiger partial charge in [-0.25, -0.2) is 0 Å². The van der Waals surface area contributed by atoms with Crippen LogP contribution in [-0.2, 0) is 6.54 Å². The number of amides is 1. The van der Waals surface area contributed by atoms with Gasteiger partial charge in [0, 0.05) is 44.0 Å². The van der Waals surface area contributed by atoms with Crippen molar-refractivity contribution in [2.24, 2.45) is 5.92 Å². The Kier molecular flexibility index (Phi) is 5.06. The Balaban J connectivity index is 1.36. The Morgan fingerprint density at radius 3 is 2.92 bits per heavy atom. The van der Waals surface area contributed by atoms with E-state index in [-0.39, 0.29) is 11.9 Å². The first-order chi connectivity index (χ1) is 12.7. The molecule has 2 aromatic heterocycles. The van der Waals surface area contributed by atoms with E-state index in [1.54, 1.807) is 12.4 Å². The summed E-state index contributed by atoms with van der Waals surface area (Å²) < 4.78 is 1.84. The van der Waals surface area contributed by atoms with Crippen molar-refractivity contribution in [3.63, 3.8) is 0 Å². The van der Waals surface area contributed by atoms with E-state index < -0.39 is 0 Å². The number of carbonyl (C=O) groups is 1. The van der Waals surface area contributed by atoms with E-state index in [4.69, 9.17) is 0 Å². The summed E-state index contributed by atoms with van der Waals surface area (Å²) in [4.78, 5) is 15.3. The molecule has 4 rings (SSSR count). The van der Waals surface area contributed by atoms with Gasteiger partial charge in [-0.2, -0.15) is 10.2 Å². The van der Waals surface area contributed by atoms with Crippen LogP contribution in [0.5, 0.6) is 0 Å². The first-order valence-corrected chi connectivity index (χ1v) is 9.82. The summed E-state index contributed by atoms with van der Waals surface area (Å²) in [5.41, 5.74) is 2.22. The summed E-state index contributed by atoms with van der Waals surface area (Å²) in [6.45, 7) is 6.08. The molecule has 3 heterocycles. The van der Waals surface area contributed by atoms with E-state index in [1.165, 1.54) is 32.2 Å². The number of nitrogens with zero attached hydrogens (tertiary/aromatic N) is 4. The molecule has 1 saturated carbocycles. The van der Waals surface area contributed by atoms with Gasteiger partial charge in [-0.1, -0.05) is 12.8 Å². The summed E-state index contributed by atoms with van der Waals surface area (Å²) in [6.07, 6.45) is 11.9. The Morgan fingerprint density at radius 2 is 2.15 bits per heavy atom. The van der Waals surface area contributed by atoms with Gasteiger partial charge in [0.1, 0.15) is 0 Å². The van der Waals surface area contributed by atoms with Gasteiger partial charge in [0.2, 0.25) is 0 Å². The zero-order valence-electron chi connectivity index (χ0n) is 15.4. The third-order valence-corrected chi connectivity index (χ3v) is 5.73. The van der Waals surface area contributed by atoms with Crippen molar-refractivity contribution in [3.8, 4) is 11.3 Å². The summed E-state index contributed by atoms with van der Waals surface area (Å²) in [5.74, 6) is 0.811. The monoisotopic (exact) mass is 356 g/mol. The number of hydrogen-bond acceptors (Lipinski definition) is 4. The first-order valence-electron chi connectivity index (χ1n) is 9.82. The van der Waals surface area contributed by atoms with Gasteiger partial charge in [-0.3, -0.25) is 14.6 Å². The highest BCUT2D eigenvalue weighted by Crippen LogP contribution is 2.27. The second kappa shape index (κ2) is 7.61. The molecule has 1 atom stereocenters. The summed E-state index contributed by atoms with van der Waals surface area (Å²) in [6, 6.07) is 0.227. The molecule has 7 heteroatoms. The van der Waals surface area contributed by atoms with Crippen LogP contribution in [0.4, 0.5) is 0 Å². The minimum absolute atomic E-state index is 0.0503. The molecule has 2 N–H and O–H groups in total. The topological polar surface area (TPSA) is 78.8 Å². The maximum atomic E-state index is 12.8. The minimum Gasteiger partial charge on any atom is -0.348 e. The van der Waals surface area contributed by atoms with E-state index >= 15 is 0 Å². The van der Waals surface area contributed by atoms with Crippen LogP contribution in [-0.4, -0.2) is 56.5 Å². The predicted molar refractivity (Wildman–Crippen MR) is 99.8 cm³/mol. The first kappa shape index (κ1) is 17.3. The lowest BCUT2D eigenvalue weighted by Crippen LogP contribution is -2.37. The summed E-state index contributed by atoms with van der Waals surface area (Å²) in [7, 11) is 0. The number of hydrogen-bond donors (Lipinski definition) is 2. The van der Waals surface area contributed by atoms with Crippen molar-refractivity contribution in [2.75, 3.05) is 19.6 Å². The lowest BCUT2D eigenvalue weighted by Gasteiger charge is -2.20. The molecule has 2 aliphatic rings. The van der Waals surface area contributed by atoms with Crippen molar-refractivity contribution in [1.29, 1.82) is 0 Å². The lowest BCUT2D eigenvalue weighted by molar-refractivity contribution is 0.0938. The largest absolute Gasteiger partial charge is 0.348 e. The minimum atomic E-state index is -0.0503. The van der Waals surface area contributed by atoms with Crippen molar-refractivity contribution in [3.05, 3.63) is 24.2 Å². The average molecular weight is 356 g/mol. The standard InChI is InChI=1S/C19H28N6O/c1-2-25-12-15(9-21-25)18-17(10-20-23-18)19(26)22-16-7-8-24(13-16)11-14-5-3-4-6-14/h9-10,12,14,16H,2-8,11,13H2,1H3,(H,20,23)(H,22,26). The molecule has 7 nitrogen and oxygen atoms in total. The third kappa shape index (κ3) is 3.67. The van der Waals surface area contributed by atoms with E-state index in [0.29, 0.717) is 5.56 Å². The van der Waals surface area contributed by atoms with Gasteiger partial charge in [0.15, 0.2) is 0 Å². The van der Waals surface area contributed by atoms with Crippen LogP contribution in [0.15, 0.2) is 18.6 Å².